The van der Waals surface area contributed by atoms with Crippen molar-refractivity contribution in [3.63, 3.8) is 0 Å². The van der Waals surface area contributed by atoms with E-state index in [1.165, 1.54) is 18.5 Å². The smallest absolute Gasteiger partial charge is 0.159 e. The number of hydrogen-bond acceptors (Lipinski definition) is 6. The van der Waals surface area contributed by atoms with Crippen LogP contribution in [0.3, 0.4) is 0 Å². The lowest BCUT2D eigenvalue weighted by atomic mass is 10.3. The van der Waals surface area contributed by atoms with Crippen LogP contribution in [-0.2, 0) is 0 Å². The van der Waals surface area contributed by atoms with Gasteiger partial charge in [0.25, 0.3) is 0 Å². The Labute approximate surface area is 128 Å². The van der Waals surface area contributed by atoms with Crippen molar-refractivity contribution in [2.75, 3.05) is 49.2 Å². The van der Waals surface area contributed by atoms with Crippen LogP contribution in [0.5, 0.6) is 0 Å². The molecule has 0 atom stereocenters. The Balaban J connectivity index is 1.81. The molecule has 0 spiro atoms. The number of piperazine rings is 1. The number of nitrogen functional groups attached to an aromatic ring is 1. The minimum absolute atomic E-state index is 0.278. The number of benzene rings is 1. The van der Waals surface area contributed by atoms with E-state index in [2.05, 4.69) is 32.1 Å². The number of nitrogens with one attached hydrogen (secondary N) is 1. The zero-order valence-electron chi connectivity index (χ0n) is 12.5. The maximum absolute atomic E-state index is 13.0. The summed E-state index contributed by atoms with van der Waals surface area (Å²) in [6.45, 7) is 3.72. The lowest BCUT2D eigenvalue weighted by Crippen LogP contribution is -2.45. The van der Waals surface area contributed by atoms with Crippen LogP contribution in [-0.4, -0.2) is 48.1 Å². The average molecular weight is 302 g/mol. The van der Waals surface area contributed by atoms with Crippen molar-refractivity contribution in [1.29, 1.82) is 0 Å². The van der Waals surface area contributed by atoms with Crippen molar-refractivity contribution in [2.45, 2.75) is 0 Å². The summed E-state index contributed by atoms with van der Waals surface area (Å²) in [5.74, 6) is 1.00. The van der Waals surface area contributed by atoms with Crippen molar-refractivity contribution in [3.8, 4) is 0 Å². The quantitative estimate of drug-likeness (QED) is 0.899. The molecule has 0 bridgehead atoms. The van der Waals surface area contributed by atoms with Gasteiger partial charge in [0.15, 0.2) is 11.6 Å². The molecule has 2 heterocycles. The first-order valence-corrected chi connectivity index (χ1v) is 7.20. The molecule has 1 fully saturated rings. The SMILES string of the molecule is CN1CCN(c2ncnc(Nc3ccc(F)cc3)c2N)CC1. The molecule has 7 heteroatoms. The summed E-state index contributed by atoms with van der Waals surface area (Å²) in [5, 5.41) is 3.11. The molecule has 3 rings (SSSR count). The summed E-state index contributed by atoms with van der Waals surface area (Å²) < 4.78 is 13.0. The third kappa shape index (κ3) is 3.09. The Hall–Kier alpha value is -2.41. The number of aromatic nitrogens is 2. The van der Waals surface area contributed by atoms with E-state index in [4.69, 9.17) is 5.73 Å². The fourth-order valence-corrected chi connectivity index (χ4v) is 2.43. The van der Waals surface area contributed by atoms with Crippen LogP contribution in [0.15, 0.2) is 30.6 Å². The molecule has 1 aromatic heterocycles. The first-order valence-electron chi connectivity index (χ1n) is 7.20. The number of halogens is 1. The van der Waals surface area contributed by atoms with Gasteiger partial charge in [0.05, 0.1) is 0 Å². The molecule has 116 valence electrons. The molecule has 1 saturated heterocycles. The number of rotatable bonds is 3. The molecule has 1 aromatic carbocycles. The fourth-order valence-electron chi connectivity index (χ4n) is 2.43. The molecule has 0 amide bonds. The highest BCUT2D eigenvalue weighted by Gasteiger charge is 2.19. The standard InChI is InChI=1S/C15H19FN6/c1-21-6-8-22(9-7-21)15-13(17)14(18-10-19-15)20-12-4-2-11(16)3-5-12/h2-5,10H,6-9,17H2,1H3,(H,18,19,20). The molecule has 3 N–H and O–H groups in total. The third-order valence-corrected chi connectivity index (χ3v) is 3.77. The third-order valence-electron chi connectivity index (χ3n) is 3.77. The van der Waals surface area contributed by atoms with Gasteiger partial charge in [-0.15, -0.1) is 0 Å². The predicted molar refractivity (Wildman–Crippen MR) is 85.8 cm³/mol. The predicted octanol–water partition coefficient (Wildman–Crippen LogP) is 1.69. The molecule has 0 saturated carbocycles. The van der Waals surface area contributed by atoms with Crippen LogP contribution in [0, 0.1) is 5.82 Å². The summed E-state index contributed by atoms with van der Waals surface area (Å²) in [6, 6.07) is 6.07. The normalized spacial score (nSPS) is 15.8. The maximum Gasteiger partial charge on any atom is 0.159 e. The Morgan fingerprint density at radius 2 is 1.77 bits per heavy atom. The van der Waals surface area contributed by atoms with Crippen LogP contribution in [0.4, 0.5) is 27.4 Å². The van der Waals surface area contributed by atoms with Crippen LogP contribution in [0.1, 0.15) is 0 Å². The first-order chi connectivity index (χ1) is 10.6. The highest BCUT2D eigenvalue weighted by molar-refractivity contribution is 5.78. The second-order valence-corrected chi connectivity index (χ2v) is 5.38. The summed E-state index contributed by atoms with van der Waals surface area (Å²) in [4.78, 5) is 12.9. The van der Waals surface area contributed by atoms with Crippen molar-refractivity contribution < 1.29 is 4.39 Å². The maximum atomic E-state index is 13.0. The second-order valence-electron chi connectivity index (χ2n) is 5.38. The van der Waals surface area contributed by atoms with Crippen LogP contribution < -0.4 is 16.0 Å². The van der Waals surface area contributed by atoms with Crippen molar-refractivity contribution in [1.82, 2.24) is 14.9 Å². The molecular weight excluding hydrogens is 283 g/mol. The molecule has 1 aliphatic rings. The van der Waals surface area contributed by atoms with E-state index < -0.39 is 0 Å². The van der Waals surface area contributed by atoms with Gasteiger partial charge in [-0.2, -0.15) is 0 Å². The van der Waals surface area contributed by atoms with Gasteiger partial charge >= 0.3 is 0 Å². The number of nitrogens with zero attached hydrogens (tertiary/aromatic N) is 4. The zero-order chi connectivity index (χ0) is 15.5. The van der Waals surface area contributed by atoms with Gasteiger partial charge in [-0.1, -0.05) is 0 Å². The largest absolute Gasteiger partial charge is 0.393 e. The first kappa shape index (κ1) is 14.5. The Morgan fingerprint density at radius 3 is 2.45 bits per heavy atom. The van der Waals surface area contributed by atoms with Gasteiger partial charge < -0.3 is 20.9 Å². The van der Waals surface area contributed by atoms with Crippen molar-refractivity contribution in [3.05, 3.63) is 36.4 Å². The highest BCUT2D eigenvalue weighted by atomic mass is 19.1. The molecular formula is C15H19FN6. The minimum atomic E-state index is -0.278. The Bertz CT molecular complexity index is 637. The van der Waals surface area contributed by atoms with E-state index in [0.717, 1.165) is 37.7 Å². The minimum Gasteiger partial charge on any atom is -0.393 e. The molecule has 2 aromatic rings. The van der Waals surface area contributed by atoms with E-state index in [-0.39, 0.29) is 5.82 Å². The average Bonchev–Trinajstić information content (AvgIpc) is 2.53. The summed E-state index contributed by atoms with van der Waals surface area (Å²) >= 11 is 0. The summed E-state index contributed by atoms with van der Waals surface area (Å²) in [6.07, 6.45) is 1.50. The summed E-state index contributed by atoms with van der Waals surface area (Å²) in [5.41, 5.74) is 7.45. The van der Waals surface area contributed by atoms with Gasteiger partial charge in [0.2, 0.25) is 0 Å². The van der Waals surface area contributed by atoms with Gasteiger partial charge in [0, 0.05) is 31.9 Å². The van der Waals surface area contributed by atoms with E-state index in [9.17, 15) is 4.39 Å². The van der Waals surface area contributed by atoms with Crippen molar-refractivity contribution in [2.24, 2.45) is 0 Å². The van der Waals surface area contributed by atoms with E-state index in [1.807, 2.05) is 0 Å². The molecule has 0 unspecified atom stereocenters. The van der Waals surface area contributed by atoms with Gasteiger partial charge in [-0.05, 0) is 31.3 Å². The van der Waals surface area contributed by atoms with Crippen LogP contribution in [0.25, 0.3) is 0 Å². The second kappa shape index (κ2) is 6.15. The lowest BCUT2D eigenvalue weighted by molar-refractivity contribution is 0.312. The topological polar surface area (TPSA) is 70.3 Å². The molecule has 0 aliphatic carbocycles. The van der Waals surface area contributed by atoms with Crippen molar-refractivity contribution >= 4 is 23.0 Å². The number of likely N-dealkylation sites (N-methyl/N-ethyl adjacent to an activating group) is 1. The van der Waals surface area contributed by atoms with Crippen LogP contribution in [0.2, 0.25) is 0 Å². The van der Waals surface area contributed by atoms with Gasteiger partial charge in [-0.25, -0.2) is 14.4 Å². The monoisotopic (exact) mass is 302 g/mol. The highest BCUT2D eigenvalue weighted by Crippen LogP contribution is 2.28. The fraction of sp³-hybridized carbons (Fsp3) is 0.333. The van der Waals surface area contributed by atoms with Crippen LogP contribution >= 0.6 is 0 Å². The van der Waals surface area contributed by atoms with Gasteiger partial charge in [-0.3, -0.25) is 0 Å². The Kier molecular flexibility index (Phi) is 4.06. The Morgan fingerprint density at radius 1 is 1.09 bits per heavy atom. The number of anilines is 4. The van der Waals surface area contributed by atoms with E-state index >= 15 is 0 Å². The number of nitrogens with two attached hydrogens (primary N) is 1. The molecule has 22 heavy (non-hydrogen) atoms. The molecule has 0 radical (unpaired) electrons. The summed E-state index contributed by atoms with van der Waals surface area (Å²) in [7, 11) is 2.10. The molecule has 1 aliphatic heterocycles. The lowest BCUT2D eigenvalue weighted by Gasteiger charge is -2.33. The molecule has 6 nitrogen and oxygen atoms in total. The number of hydrogen-bond donors (Lipinski definition) is 2. The van der Waals surface area contributed by atoms with E-state index in [0.29, 0.717) is 11.5 Å². The van der Waals surface area contributed by atoms with E-state index in [1.54, 1.807) is 12.1 Å². The van der Waals surface area contributed by atoms with Gasteiger partial charge in [0.1, 0.15) is 17.8 Å². The zero-order valence-corrected chi connectivity index (χ0v) is 12.5.